The summed E-state index contributed by atoms with van der Waals surface area (Å²) in [6.07, 6.45) is 5.98. The molecule has 2 rings (SSSR count). The Morgan fingerprint density at radius 3 is 2.29 bits per heavy atom. The first-order chi connectivity index (χ1) is 13.5. The van der Waals surface area contributed by atoms with Gasteiger partial charge in [0.05, 0.1) is 0 Å². The van der Waals surface area contributed by atoms with Crippen LogP contribution in [0.4, 0.5) is 5.69 Å². The van der Waals surface area contributed by atoms with Crippen molar-refractivity contribution in [3.63, 3.8) is 0 Å². The topological polar surface area (TPSA) is 87.7 Å². The molecule has 2 amide bonds. The van der Waals surface area contributed by atoms with E-state index in [9.17, 15) is 14.4 Å². The van der Waals surface area contributed by atoms with Gasteiger partial charge in [0.2, 0.25) is 0 Å². The monoisotopic (exact) mass is 389 g/mol. The van der Waals surface area contributed by atoms with Gasteiger partial charge in [-0.1, -0.05) is 25.7 Å². The standard InChI is InChI=1S/C21H31N3O4/c1-3-24(4-2)18-12-10-17(11-13-18)21(27)23-22-19(25)15-28-20(26)14-9-16-7-5-6-8-16/h10-13,16H,3-9,14-15H2,1-2H3,(H,22,25)(H,23,27). The molecule has 1 aliphatic rings. The number of carbonyl (C=O) groups is 3. The summed E-state index contributed by atoms with van der Waals surface area (Å²) >= 11 is 0. The number of ether oxygens (including phenoxy) is 1. The number of hydrogen-bond acceptors (Lipinski definition) is 5. The molecule has 1 aromatic rings. The summed E-state index contributed by atoms with van der Waals surface area (Å²) in [7, 11) is 0. The van der Waals surface area contributed by atoms with Crippen molar-refractivity contribution in [1.29, 1.82) is 0 Å². The highest BCUT2D eigenvalue weighted by Gasteiger charge is 2.17. The number of rotatable bonds is 9. The molecule has 28 heavy (non-hydrogen) atoms. The highest BCUT2D eigenvalue weighted by Crippen LogP contribution is 2.28. The van der Waals surface area contributed by atoms with Crippen molar-refractivity contribution in [2.45, 2.75) is 52.4 Å². The minimum Gasteiger partial charge on any atom is -0.455 e. The molecule has 0 aromatic heterocycles. The lowest BCUT2D eigenvalue weighted by Gasteiger charge is -2.21. The van der Waals surface area contributed by atoms with Gasteiger partial charge in [-0.15, -0.1) is 0 Å². The van der Waals surface area contributed by atoms with Crippen LogP contribution in [0.3, 0.4) is 0 Å². The lowest BCUT2D eigenvalue weighted by molar-refractivity contribution is -0.149. The molecule has 7 nitrogen and oxygen atoms in total. The Morgan fingerprint density at radius 2 is 1.68 bits per heavy atom. The average molecular weight is 389 g/mol. The maximum Gasteiger partial charge on any atom is 0.306 e. The number of hydrogen-bond donors (Lipinski definition) is 2. The smallest absolute Gasteiger partial charge is 0.306 e. The number of hydrazine groups is 1. The molecule has 7 heteroatoms. The third kappa shape index (κ3) is 6.87. The Balaban J connectivity index is 1.67. The van der Waals surface area contributed by atoms with Gasteiger partial charge in [0, 0.05) is 30.8 Å². The number of nitrogens with zero attached hydrogens (tertiary/aromatic N) is 1. The Hall–Kier alpha value is -2.57. The molecule has 0 unspecified atom stereocenters. The number of benzene rings is 1. The molecule has 2 N–H and O–H groups in total. The lowest BCUT2D eigenvalue weighted by Crippen LogP contribution is -2.43. The van der Waals surface area contributed by atoms with Gasteiger partial charge in [0.25, 0.3) is 11.8 Å². The zero-order valence-electron chi connectivity index (χ0n) is 16.8. The quantitative estimate of drug-likeness (QED) is 0.501. The summed E-state index contributed by atoms with van der Waals surface area (Å²) in [5.41, 5.74) is 6.07. The first-order valence-corrected chi connectivity index (χ1v) is 10.1. The van der Waals surface area contributed by atoms with E-state index in [1.807, 2.05) is 12.1 Å². The third-order valence-electron chi connectivity index (χ3n) is 5.17. The van der Waals surface area contributed by atoms with Crippen molar-refractivity contribution in [3.05, 3.63) is 29.8 Å². The van der Waals surface area contributed by atoms with Crippen LogP contribution in [0.1, 0.15) is 62.7 Å². The van der Waals surface area contributed by atoms with Gasteiger partial charge in [0.1, 0.15) is 0 Å². The molecule has 0 radical (unpaired) electrons. The molecule has 1 fully saturated rings. The highest BCUT2D eigenvalue weighted by molar-refractivity contribution is 5.95. The van der Waals surface area contributed by atoms with Crippen LogP contribution in [-0.2, 0) is 14.3 Å². The van der Waals surface area contributed by atoms with Crippen LogP contribution in [0.5, 0.6) is 0 Å². The van der Waals surface area contributed by atoms with Gasteiger partial charge in [-0.2, -0.15) is 0 Å². The van der Waals surface area contributed by atoms with Crippen LogP contribution in [-0.4, -0.2) is 37.5 Å². The first-order valence-electron chi connectivity index (χ1n) is 10.1. The predicted molar refractivity (Wildman–Crippen MR) is 108 cm³/mol. The van der Waals surface area contributed by atoms with Crippen molar-refractivity contribution in [3.8, 4) is 0 Å². The maximum absolute atomic E-state index is 12.1. The zero-order valence-corrected chi connectivity index (χ0v) is 16.8. The second kappa shape index (κ2) is 11.3. The maximum atomic E-state index is 12.1. The molecule has 0 saturated heterocycles. The van der Waals surface area contributed by atoms with Crippen molar-refractivity contribution >= 4 is 23.5 Å². The third-order valence-corrected chi connectivity index (χ3v) is 5.17. The molecule has 0 atom stereocenters. The van der Waals surface area contributed by atoms with Gasteiger partial charge < -0.3 is 9.64 Å². The van der Waals surface area contributed by atoms with Crippen LogP contribution >= 0.6 is 0 Å². The van der Waals surface area contributed by atoms with Gasteiger partial charge in [0.15, 0.2) is 6.61 Å². The Labute approximate surface area is 166 Å². The van der Waals surface area contributed by atoms with E-state index in [2.05, 4.69) is 29.6 Å². The van der Waals surface area contributed by atoms with E-state index in [4.69, 9.17) is 4.74 Å². The van der Waals surface area contributed by atoms with E-state index in [1.54, 1.807) is 12.1 Å². The molecule has 0 spiro atoms. The molecular weight excluding hydrogens is 358 g/mol. The van der Waals surface area contributed by atoms with Gasteiger partial charge in [-0.3, -0.25) is 25.2 Å². The van der Waals surface area contributed by atoms with E-state index >= 15 is 0 Å². The fraction of sp³-hybridized carbons (Fsp3) is 0.571. The van der Waals surface area contributed by atoms with Crippen molar-refractivity contribution in [1.82, 2.24) is 10.9 Å². The van der Waals surface area contributed by atoms with E-state index in [-0.39, 0.29) is 5.97 Å². The van der Waals surface area contributed by atoms with Gasteiger partial charge in [-0.05, 0) is 50.5 Å². The van der Waals surface area contributed by atoms with Gasteiger partial charge in [-0.25, -0.2) is 0 Å². The lowest BCUT2D eigenvalue weighted by atomic mass is 10.0. The van der Waals surface area contributed by atoms with E-state index in [0.717, 1.165) is 25.2 Å². The van der Waals surface area contributed by atoms with E-state index in [0.29, 0.717) is 17.9 Å². The Morgan fingerprint density at radius 1 is 1.04 bits per heavy atom. The summed E-state index contributed by atoms with van der Waals surface area (Å²) in [5, 5.41) is 0. The number of esters is 1. The largest absolute Gasteiger partial charge is 0.455 e. The van der Waals surface area contributed by atoms with Crippen molar-refractivity contribution in [2.75, 3.05) is 24.6 Å². The van der Waals surface area contributed by atoms with Gasteiger partial charge >= 0.3 is 5.97 Å². The molecule has 0 heterocycles. The second-order valence-electron chi connectivity index (χ2n) is 7.07. The normalized spacial score (nSPS) is 13.8. The summed E-state index contributed by atoms with van der Waals surface area (Å²) in [6.45, 7) is 5.52. The number of anilines is 1. The summed E-state index contributed by atoms with van der Waals surface area (Å²) in [6, 6.07) is 7.15. The fourth-order valence-electron chi connectivity index (χ4n) is 3.49. The molecule has 154 valence electrons. The van der Waals surface area contributed by atoms with Crippen LogP contribution < -0.4 is 15.8 Å². The summed E-state index contributed by atoms with van der Waals surface area (Å²) < 4.78 is 4.96. The predicted octanol–water partition coefficient (Wildman–Crippen LogP) is 2.81. The SMILES string of the molecule is CCN(CC)c1ccc(C(=O)NNC(=O)COC(=O)CCC2CCCC2)cc1. The minimum atomic E-state index is -0.567. The number of nitrogens with one attached hydrogen (secondary N) is 2. The number of carbonyl (C=O) groups excluding carboxylic acids is 3. The van der Waals surface area contributed by atoms with E-state index in [1.165, 1.54) is 25.7 Å². The molecule has 1 aliphatic carbocycles. The minimum absolute atomic E-state index is 0.337. The fourth-order valence-corrected chi connectivity index (χ4v) is 3.49. The summed E-state index contributed by atoms with van der Waals surface area (Å²) in [4.78, 5) is 37.7. The van der Waals surface area contributed by atoms with Crippen molar-refractivity contribution < 1.29 is 19.1 Å². The average Bonchev–Trinajstić information content (AvgIpc) is 3.24. The molecule has 0 bridgehead atoms. The highest BCUT2D eigenvalue weighted by atomic mass is 16.5. The summed E-state index contributed by atoms with van der Waals surface area (Å²) in [5.74, 6) is -0.761. The number of amides is 2. The second-order valence-corrected chi connectivity index (χ2v) is 7.07. The first kappa shape index (κ1) is 21.7. The Bertz CT molecular complexity index is 650. The van der Waals surface area contributed by atoms with Crippen LogP contribution in [0.25, 0.3) is 0 Å². The van der Waals surface area contributed by atoms with E-state index < -0.39 is 18.4 Å². The Kier molecular flexibility index (Phi) is 8.78. The zero-order chi connectivity index (χ0) is 20.4. The molecule has 1 saturated carbocycles. The molecule has 0 aliphatic heterocycles. The van der Waals surface area contributed by atoms with Crippen LogP contribution in [0, 0.1) is 5.92 Å². The van der Waals surface area contributed by atoms with Crippen LogP contribution in [0.2, 0.25) is 0 Å². The molecular formula is C21H31N3O4. The van der Waals surface area contributed by atoms with Crippen molar-refractivity contribution in [2.24, 2.45) is 5.92 Å². The van der Waals surface area contributed by atoms with Crippen LogP contribution in [0.15, 0.2) is 24.3 Å². The molecule has 1 aromatic carbocycles.